The number of hydrogen-bond acceptors (Lipinski definition) is 1. The molecule has 2 aromatic carbocycles. The standard InChI is InChI=1S/C17H18Br2FN/c1-3-9-21-17(12-5-4-6-15(19)16(12)20)13-10-11(2)7-8-14(13)18/h4-8,10,17,21H,3,9H2,1-2H3. The lowest BCUT2D eigenvalue weighted by atomic mass is 9.96. The van der Waals surface area contributed by atoms with Gasteiger partial charge in [-0.2, -0.15) is 0 Å². The Morgan fingerprint density at radius 1 is 1.10 bits per heavy atom. The molecule has 0 amide bonds. The summed E-state index contributed by atoms with van der Waals surface area (Å²) in [5, 5.41) is 3.45. The first kappa shape index (κ1) is 16.7. The van der Waals surface area contributed by atoms with Crippen molar-refractivity contribution < 1.29 is 4.39 Å². The number of halogens is 3. The summed E-state index contributed by atoms with van der Waals surface area (Å²) in [6, 6.07) is 11.4. The van der Waals surface area contributed by atoms with E-state index in [0.717, 1.165) is 28.6 Å². The lowest BCUT2D eigenvalue weighted by Crippen LogP contribution is -2.24. The van der Waals surface area contributed by atoms with Crippen LogP contribution in [0.2, 0.25) is 0 Å². The SMILES string of the molecule is CCCNC(c1cc(C)ccc1Br)c1cccc(Br)c1F. The van der Waals surface area contributed by atoms with Crippen molar-refractivity contribution >= 4 is 31.9 Å². The Bertz CT molecular complexity index is 626. The van der Waals surface area contributed by atoms with Gasteiger partial charge in [0, 0.05) is 10.0 Å². The fraction of sp³-hybridized carbons (Fsp3) is 0.294. The first-order valence-corrected chi connectivity index (χ1v) is 8.56. The van der Waals surface area contributed by atoms with Crippen LogP contribution >= 0.6 is 31.9 Å². The van der Waals surface area contributed by atoms with Gasteiger partial charge in [0.05, 0.1) is 10.5 Å². The van der Waals surface area contributed by atoms with Crippen LogP contribution in [0, 0.1) is 12.7 Å². The first-order chi connectivity index (χ1) is 10.0. The summed E-state index contributed by atoms with van der Waals surface area (Å²) in [4.78, 5) is 0. The summed E-state index contributed by atoms with van der Waals surface area (Å²) in [6.07, 6.45) is 0.996. The highest BCUT2D eigenvalue weighted by molar-refractivity contribution is 9.10. The van der Waals surface area contributed by atoms with Crippen LogP contribution in [0.3, 0.4) is 0 Å². The highest BCUT2D eigenvalue weighted by Gasteiger charge is 2.20. The molecule has 0 saturated heterocycles. The monoisotopic (exact) mass is 413 g/mol. The van der Waals surface area contributed by atoms with E-state index in [4.69, 9.17) is 0 Å². The van der Waals surface area contributed by atoms with Crippen molar-refractivity contribution in [1.82, 2.24) is 5.32 Å². The van der Waals surface area contributed by atoms with Gasteiger partial charge in [-0.25, -0.2) is 4.39 Å². The zero-order valence-electron chi connectivity index (χ0n) is 12.1. The molecule has 0 aromatic heterocycles. The molecule has 0 bridgehead atoms. The Balaban J connectivity index is 2.52. The van der Waals surface area contributed by atoms with Crippen molar-refractivity contribution in [3.05, 3.63) is 67.9 Å². The van der Waals surface area contributed by atoms with Gasteiger partial charge in [0.25, 0.3) is 0 Å². The minimum absolute atomic E-state index is 0.170. The smallest absolute Gasteiger partial charge is 0.142 e. The molecular weight excluding hydrogens is 397 g/mol. The molecule has 21 heavy (non-hydrogen) atoms. The Morgan fingerprint density at radius 3 is 2.57 bits per heavy atom. The molecule has 112 valence electrons. The number of hydrogen-bond donors (Lipinski definition) is 1. The molecule has 2 aromatic rings. The van der Waals surface area contributed by atoms with E-state index in [1.54, 1.807) is 6.07 Å². The Hall–Kier alpha value is -0.710. The molecule has 1 nitrogen and oxygen atoms in total. The van der Waals surface area contributed by atoms with E-state index < -0.39 is 0 Å². The van der Waals surface area contributed by atoms with Gasteiger partial charge in [-0.05, 0) is 53.5 Å². The van der Waals surface area contributed by atoms with Crippen molar-refractivity contribution in [2.24, 2.45) is 0 Å². The molecule has 0 fully saturated rings. The molecular formula is C17H18Br2FN. The summed E-state index contributed by atoms with van der Waals surface area (Å²) in [6.45, 7) is 4.98. The average molecular weight is 415 g/mol. The zero-order chi connectivity index (χ0) is 15.4. The van der Waals surface area contributed by atoms with E-state index in [1.165, 1.54) is 0 Å². The zero-order valence-corrected chi connectivity index (χ0v) is 15.3. The second kappa shape index (κ2) is 7.52. The maximum Gasteiger partial charge on any atom is 0.142 e. The molecule has 0 saturated carbocycles. The largest absolute Gasteiger partial charge is 0.306 e. The van der Waals surface area contributed by atoms with Crippen molar-refractivity contribution in [2.75, 3.05) is 6.54 Å². The number of benzene rings is 2. The van der Waals surface area contributed by atoms with Crippen molar-refractivity contribution in [3.63, 3.8) is 0 Å². The maximum atomic E-state index is 14.5. The van der Waals surface area contributed by atoms with Crippen LogP contribution in [0.25, 0.3) is 0 Å². The van der Waals surface area contributed by atoms with E-state index in [0.29, 0.717) is 10.0 Å². The van der Waals surface area contributed by atoms with Gasteiger partial charge in [-0.15, -0.1) is 0 Å². The highest BCUT2D eigenvalue weighted by Crippen LogP contribution is 2.32. The lowest BCUT2D eigenvalue weighted by molar-refractivity contribution is 0.542. The Morgan fingerprint density at radius 2 is 1.86 bits per heavy atom. The summed E-state index contributed by atoms with van der Waals surface area (Å²) < 4.78 is 16.0. The predicted molar refractivity (Wildman–Crippen MR) is 93.1 cm³/mol. The summed E-state index contributed by atoms with van der Waals surface area (Å²) in [5.41, 5.74) is 2.87. The molecule has 1 atom stereocenters. The van der Waals surface area contributed by atoms with Crippen LogP contribution in [-0.4, -0.2) is 6.54 Å². The topological polar surface area (TPSA) is 12.0 Å². The molecule has 0 aliphatic carbocycles. The van der Waals surface area contributed by atoms with Gasteiger partial charge < -0.3 is 5.32 Å². The minimum Gasteiger partial charge on any atom is -0.306 e. The third-order valence-electron chi connectivity index (χ3n) is 3.35. The van der Waals surface area contributed by atoms with Crippen molar-refractivity contribution in [3.8, 4) is 0 Å². The number of aryl methyl sites for hydroxylation is 1. The molecule has 0 spiro atoms. The quantitative estimate of drug-likeness (QED) is 0.656. The third-order valence-corrected chi connectivity index (χ3v) is 4.69. The molecule has 2 rings (SSSR count). The summed E-state index contributed by atoms with van der Waals surface area (Å²) in [7, 11) is 0. The molecule has 0 aliphatic rings. The summed E-state index contributed by atoms with van der Waals surface area (Å²) in [5.74, 6) is -0.209. The van der Waals surface area contributed by atoms with E-state index >= 15 is 0 Å². The van der Waals surface area contributed by atoms with Gasteiger partial charge in [0.2, 0.25) is 0 Å². The van der Waals surface area contributed by atoms with Gasteiger partial charge in [0.15, 0.2) is 0 Å². The molecule has 0 radical (unpaired) electrons. The molecule has 1 unspecified atom stereocenters. The number of nitrogens with one attached hydrogen (secondary N) is 1. The van der Waals surface area contributed by atoms with E-state index in [1.807, 2.05) is 31.2 Å². The van der Waals surface area contributed by atoms with Crippen molar-refractivity contribution in [2.45, 2.75) is 26.3 Å². The van der Waals surface area contributed by atoms with Crippen LogP contribution in [-0.2, 0) is 0 Å². The highest BCUT2D eigenvalue weighted by atomic mass is 79.9. The van der Waals surface area contributed by atoms with Gasteiger partial charge in [-0.3, -0.25) is 0 Å². The van der Waals surface area contributed by atoms with E-state index in [2.05, 4.69) is 50.2 Å². The first-order valence-electron chi connectivity index (χ1n) is 6.98. The maximum absolute atomic E-state index is 14.5. The lowest BCUT2D eigenvalue weighted by Gasteiger charge is -2.22. The van der Waals surface area contributed by atoms with Gasteiger partial charge in [-0.1, -0.05) is 52.7 Å². The van der Waals surface area contributed by atoms with Crippen LogP contribution in [0.15, 0.2) is 45.3 Å². The number of rotatable bonds is 5. The van der Waals surface area contributed by atoms with Crippen molar-refractivity contribution in [1.29, 1.82) is 0 Å². The van der Waals surface area contributed by atoms with Gasteiger partial charge in [0.1, 0.15) is 5.82 Å². The minimum atomic E-state index is -0.209. The van der Waals surface area contributed by atoms with Gasteiger partial charge >= 0.3 is 0 Å². The van der Waals surface area contributed by atoms with E-state index in [9.17, 15) is 4.39 Å². The second-order valence-corrected chi connectivity index (χ2v) is 6.76. The summed E-state index contributed by atoms with van der Waals surface area (Å²) >= 11 is 6.86. The average Bonchev–Trinajstić information content (AvgIpc) is 2.47. The van der Waals surface area contributed by atoms with Crippen LogP contribution in [0.4, 0.5) is 4.39 Å². The molecule has 0 aliphatic heterocycles. The second-order valence-electron chi connectivity index (χ2n) is 5.06. The molecule has 0 heterocycles. The third kappa shape index (κ3) is 3.93. The Labute approximate surface area is 142 Å². The van der Waals surface area contributed by atoms with Crippen LogP contribution < -0.4 is 5.32 Å². The molecule has 1 N–H and O–H groups in total. The van der Waals surface area contributed by atoms with Crippen LogP contribution in [0.1, 0.15) is 36.1 Å². The fourth-order valence-corrected chi connectivity index (χ4v) is 3.16. The predicted octanol–water partition coefficient (Wildman–Crippen LogP) is 5.75. The molecule has 4 heteroatoms. The normalized spacial score (nSPS) is 12.4. The van der Waals surface area contributed by atoms with Crippen LogP contribution in [0.5, 0.6) is 0 Å². The fourth-order valence-electron chi connectivity index (χ4n) is 2.30. The Kier molecular flexibility index (Phi) is 5.97. The van der Waals surface area contributed by atoms with E-state index in [-0.39, 0.29) is 11.9 Å².